The molecule has 0 spiro atoms. The molecule has 6 nitrogen and oxygen atoms in total. The standard InChI is InChI=1S/C26H22ClN3O3S/c1-32-22-13-19-20(14-23(22)33-2)28-26(34-15-17-8-10-18(27)11-9-17)30-21(25(31)29-24(19)30)12-16-6-4-3-5-7-16/h3-11,13-14,21H,12,15H2,1-2H3/t21-/m1/s1. The zero-order valence-electron chi connectivity index (χ0n) is 18.7. The summed E-state index contributed by atoms with van der Waals surface area (Å²) in [5.74, 6) is 2.23. The van der Waals surface area contributed by atoms with Crippen LogP contribution in [0.4, 0.5) is 5.69 Å². The van der Waals surface area contributed by atoms with Crippen molar-refractivity contribution in [1.29, 1.82) is 0 Å². The van der Waals surface area contributed by atoms with Gasteiger partial charge in [-0.1, -0.05) is 65.8 Å². The van der Waals surface area contributed by atoms with Crippen molar-refractivity contribution < 1.29 is 14.3 Å². The first-order valence-electron chi connectivity index (χ1n) is 10.8. The average Bonchev–Trinajstić information content (AvgIpc) is 3.19. The first-order valence-corrected chi connectivity index (χ1v) is 12.1. The summed E-state index contributed by atoms with van der Waals surface area (Å²) in [7, 11) is 3.17. The van der Waals surface area contributed by atoms with Crippen LogP contribution in [0.2, 0.25) is 5.02 Å². The molecule has 0 unspecified atom stereocenters. The maximum atomic E-state index is 13.1. The minimum Gasteiger partial charge on any atom is -0.493 e. The molecule has 2 aliphatic rings. The van der Waals surface area contributed by atoms with E-state index in [2.05, 4.69) is 4.99 Å². The van der Waals surface area contributed by atoms with E-state index in [1.165, 1.54) is 0 Å². The molecule has 3 aromatic rings. The van der Waals surface area contributed by atoms with E-state index < -0.39 is 6.04 Å². The summed E-state index contributed by atoms with van der Waals surface area (Å²) in [5, 5.41) is 1.42. The summed E-state index contributed by atoms with van der Waals surface area (Å²) in [6.07, 6.45) is 0.538. The van der Waals surface area contributed by atoms with Crippen molar-refractivity contribution in [1.82, 2.24) is 4.90 Å². The number of amidine groups is 2. The van der Waals surface area contributed by atoms with Crippen molar-refractivity contribution in [2.45, 2.75) is 18.2 Å². The lowest BCUT2D eigenvalue weighted by atomic mass is 10.0. The van der Waals surface area contributed by atoms with Gasteiger partial charge in [-0.05, 0) is 29.3 Å². The lowest BCUT2D eigenvalue weighted by Crippen LogP contribution is -2.44. The number of nitrogens with zero attached hydrogens (tertiary/aromatic N) is 3. The van der Waals surface area contributed by atoms with Gasteiger partial charge in [0.25, 0.3) is 5.91 Å². The minimum atomic E-state index is -0.463. The van der Waals surface area contributed by atoms with Crippen LogP contribution in [0.1, 0.15) is 16.7 Å². The Morgan fingerprint density at radius 1 is 0.941 bits per heavy atom. The second-order valence-corrected chi connectivity index (χ2v) is 9.26. The van der Waals surface area contributed by atoms with Crippen molar-refractivity contribution in [3.05, 3.63) is 88.4 Å². The van der Waals surface area contributed by atoms with Gasteiger partial charge in [0.1, 0.15) is 11.9 Å². The van der Waals surface area contributed by atoms with Crippen molar-refractivity contribution in [2.75, 3.05) is 14.2 Å². The maximum absolute atomic E-state index is 13.1. The number of benzene rings is 3. The fourth-order valence-electron chi connectivity index (χ4n) is 4.05. The maximum Gasteiger partial charge on any atom is 0.271 e. The first kappa shape index (κ1) is 22.5. The Morgan fingerprint density at radius 3 is 2.35 bits per heavy atom. The highest BCUT2D eigenvalue weighted by atomic mass is 35.5. The van der Waals surface area contributed by atoms with Crippen LogP contribution < -0.4 is 9.47 Å². The van der Waals surface area contributed by atoms with E-state index in [1.807, 2.05) is 71.6 Å². The van der Waals surface area contributed by atoms with Crippen LogP contribution >= 0.6 is 23.4 Å². The lowest BCUT2D eigenvalue weighted by Gasteiger charge is -2.31. The summed E-state index contributed by atoms with van der Waals surface area (Å²) < 4.78 is 11.0. The number of methoxy groups -OCH3 is 2. The van der Waals surface area contributed by atoms with Crippen LogP contribution in [0.15, 0.2) is 76.7 Å². The third kappa shape index (κ3) is 4.29. The second kappa shape index (κ2) is 9.52. The highest BCUT2D eigenvalue weighted by molar-refractivity contribution is 8.13. The van der Waals surface area contributed by atoms with Gasteiger partial charge in [-0.3, -0.25) is 9.69 Å². The Hall–Kier alpha value is -3.29. The predicted octanol–water partition coefficient (Wildman–Crippen LogP) is 5.49. The van der Waals surface area contributed by atoms with Gasteiger partial charge in [0.2, 0.25) is 0 Å². The smallest absolute Gasteiger partial charge is 0.271 e. The molecule has 2 heterocycles. The quantitative estimate of drug-likeness (QED) is 0.456. The largest absolute Gasteiger partial charge is 0.493 e. The molecule has 8 heteroatoms. The molecule has 172 valence electrons. The fourth-order valence-corrected chi connectivity index (χ4v) is 5.18. The number of thioether (sulfide) groups is 1. The molecule has 0 saturated heterocycles. The molecule has 0 aliphatic carbocycles. The van der Waals surface area contributed by atoms with Gasteiger partial charge in [0.05, 0.1) is 19.9 Å². The number of hydrogen-bond donors (Lipinski definition) is 0. The molecule has 0 aromatic heterocycles. The number of halogens is 1. The van der Waals surface area contributed by atoms with Crippen LogP contribution in [-0.2, 0) is 17.0 Å². The van der Waals surface area contributed by atoms with Gasteiger partial charge in [-0.2, -0.15) is 4.99 Å². The van der Waals surface area contributed by atoms with E-state index in [-0.39, 0.29) is 5.91 Å². The van der Waals surface area contributed by atoms with E-state index in [1.54, 1.807) is 26.0 Å². The molecule has 0 fully saturated rings. The van der Waals surface area contributed by atoms with E-state index in [0.29, 0.717) is 40.2 Å². The number of fused-ring (bicyclic) bond motifs is 3. The topological polar surface area (TPSA) is 63.5 Å². The summed E-state index contributed by atoms with van der Waals surface area (Å²) in [5.41, 5.74) is 3.62. The van der Waals surface area contributed by atoms with Crippen molar-refractivity contribution in [3.8, 4) is 11.5 Å². The van der Waals surface area contributed by atoms with E-state index in [0.717, 1.165) is 21.9 Å². The number of carbonyl (C=O) groups excluding carboxylic acids is 1. The van der Waals surface area contributed by atoms with Gasteiger partial charge in [0, 0.05) is 28.8 Å². The molecular weight excluding hydrogens is 470 g/mol. The molecule has 3 aromatic carbocycles. The van der Waals surface area contributed by atoms with E-state index in [9.17, 15) is 4.79 Å². The molecule has 0 saturated carbocycles. The summed E-state index contributed by atoms with van der Waals surface area (Å²) in [6, 6.07) is 20.9. The predicted molar refractivity (Wildman–Crippen MR) is 137 cm³/mol. The van der Waals surface area contributed by atoms with E-state index >= 15 is 0 Å². The molecule has 0 N–H and O–H groups in total. The number of ether oxygens (including phenoxy) is 2. The first-order chi connectivity index (χ1) is 16.6. The Labute approximate surface area is 207 Å². The zero-order valence-corrected chi connectivity index (χ0v) is 20.3. The zero-order chi connectivity index (χ0) is 23.7. The van der Waals surface area contributed by atoms with Gasteiger partial charge in [-0.25, -0.2) is 4.99 Å². The number of carbonyl (C=O) groups is 1. The van der Waals surface area contributed by atoms with Gasteiger partial charge < -0.3 is 9.47 Å². The van der Waals surface area contributed by atoms with Crippen LogP contribution in [-0.4, -0.2) is 42.1 Å². The SMILES string of the molecule is COc1cc2c(cc1OC)C1=NC(=O)[C@@H](Cc3ccccc3)N1C(SCc1ccc(Cl)cc1)=N2. The average molecular weight is 492 g/mol. The summed E-state index contributed by atoms with van der Waals surface area (Å²) in [4.78, 5) is 24.5. The molecule has 5 rings (SSSR count). The molecular formula is C26H22ClN3O3S. The van der Waals surface area contributed by atoms with Crippen LogP contribution in [0.25, 0.3) is 0 Å². The Bertz CT molecular complexity index is 1290. The van der Waals surface area contributed by atoms with Crippen LogP contribution in [0, 0.1) is 0 Å². The van der Waals surface area contributed by atoms with Gasteiger partial charge >= 0.3 is 0 Å². The Balaban J connectivity index is 1.55. The highest BCUT2D eigenvalue weighted by Crippen LogP contribution is 2.41. The molecule has 34 heavy (non-hydrogen) atoms. The lowest BCUT2D eigenvalue weighted by molar-refractivity contribution is -0.119. The molecule has 1 atom stereocenters. The number of amides is 1. The Morgan fingerprint density at radius 2 is 1.65 bits per heavy atom. The van der Waals surface area contributed by atoms with Crippen LogP contribution in [0.5, 0.6) is 11.5 Å². The number of aliphatic imine (C=N–C) groups is 2. The van der Waals surface area contributed by atoms with Gasteiger partial charge in [-0.15, -0.1) is 0 Å². The molecule has 0 radical (unpaired) electrons. The van der Waals surface area contributed by atoms with E-state index in [4.69, 9.17) is 26.1 Å². The number of hydrogen-bond acceptors (Lipinski definition) is 6. The number of rotatable bonds is 6. The molecule has 2 aliphatic heterocycles. The molecule has 0 bridgehead atoms. The molecule has 1 amide bonds. The normalized spacial score (nSPS) is 16.5. The monoisotopic (exact) mass is 491 g/mol. The summed E-state index contributed by atoms with van der Waals surface area (Å²) in [6.45, 7) is 0. The van der Waals surface area contributed by atoms with Crippen LogP contribution in [0.3, 0.4) is 0 Å². The fraction of sp³-hybridized carbons (Fsp3) is 0.192. The van der Waals surface area contributed by atoms with Crippen molar-refractivity contribution >= 4 is 46.0 Å². The minimum absolute atomic E-state index is 0.179. The second-order valence-electron chi connectivity index (χ2n) is 7.88. The Kier molecular flexibility index (Phi) is 6.30. The third-order valence-electron chi connectivity index (χ3n) is 5.76. The third-order valence-corrected chi connectivity index (χ3v) is 7.03. The highest BCUT2D eigenvalue weighted by Gasteiger charge is 2.42. The van der Waals surface area contributed by atoms with Gasteiger partial charge in [0.15, 0.2) is 16.7 Å². The summed E-state index contributed by atoms with van der Waals surface area (Å²) >= 11 is 7.60. The van der Waals surface area contributed by atoms with Crippen molar-refractivity contribution in [3.63, 3.8) is 0 Å². The van der Waals surface area contributed by atoms with Crippen molar-refractivity contribution in [2.24, 2.45) is 9.98 Å².